The molecule has 2 aromatic heterocycles. The third-order valence-electron chi connectivity index (χ3n) is 3.68. The zero-order valence-electron chi connectivity index (χ0n) is 14.5. The summed E-state index contributed by atoms with van der Waals surface area (Å²) in [4.78, 5) is 12.3. The van der Waals surface area contributed by atoms with E-state index in [2.05, 4.69) is 20.7 Å². The van der Waals surface area contributed by atoms with Crippen molar-refractivity contribution >= 4 is 23.5 Å². The molecule has 1 aromatic carbocycles. The van der Waals surface area contributed by atoms with Crippen molar-refractivity contribution in [2.45, 2.75) is 31.2 Å². The predicted octanol–water partition coefficient (Wildman–Crippen LogP) is 3.21. The molecule has 1 atom stereocenters. The van der Waals surface area contributed by atoms with Gasteiger partial charge in [-0.1, -0.05) is 46.7 Å². The van der Waals surface area contributed by atoms with E-state index in [1.165, 1.54) is 17.3 Å². The van der Waals surface area contributed by atoms with Crippen molar-refractivity contribution in [3.05, 3.63) is 41.7 Å². The number of thioether (sulfide) groups is 1. The maximum atomic E-state index is 12.3. The van der Waals surface area contributed by atoms with Crippen LogP contribution < -0.4 is 5.32 Å². The van der Waals surface area contributed by atoms with E-state index in [0.29, 0.717) is 16.7 Å². The van der Waals surface area contributed by atoms with Crippen LogP contribution in [-0.4, -0.2) is 31.1 Å². The molecule has 0 saturated heterocycles. The van der Waals surface area contributed by atoms with Gasteiger partial charge in [-0.2, -0.15) is 0 Å². The SMILES string of the molecule is Cc1ccc(-c2nnc(S[C@@H](C)C(=O)Nc3cc(C)on3)n2C)cc1. The van der Waals surface area contributed by atoms with Crippen molar-refractivity contribution in [1.82, 2.24) is 19.9 Å². The van der Waals surface area contributed by atoms with Crippen molar-refractivity contribution in [3.63, 3.8) is 0 Å². The molecule has 7 nitrogen and oxygen atoms in total. The lowest BCUT2D eigenvalue weighted by Gasteiger charge is -2.10. The largest absolute Gasteiger partial charge is 0.360 e. The first-order valence-corrected chi connectivity index (χ1v) is 8.69. The Balaban J connectivity index is 1.70. The second-order valence-electron chi connectivity index (χ2n) is 5.80. The van der Waals surface area contributed by atoms with Crippen molar-refractivity contribution in [2.75, 3.05) is 5.32 Å². The van der Waals surface area contributed by atoms with Crippen LogP contribution in [0.25, 0.3) is 11.4 Å². The number of hydrogen-bond acceptors (Lipinski definition) is 6. The van der Waals surface area contributed by atoms with Gasteiger partial charge in [0.1, 0.15) is 5.76 Å². The summed E-state index contributed by atoms with van der Waals surface area (Å²) >= 11 is 1.34. The maximum absolute atomic E-state index is 12.3. The van der Waals surface area contributed by atoms with Gasteiger partial charge in [-0.3, -0.25) is 4.79 Å². The second-order valence-corrected chi connectivity index (χ2v) is 7.11. The van der Waals surface area contributed by atoms with Crippen molar-refractivity contribution in [3.8, 4) is 11.4 Å². The van der Waals surface area contributed by atoms with Crippen LogP contribution in [-0.2, 0) is 11.8 Å². The van der Waals surface area contributed by atoms with Crippen molar-refractivity contribution < 1.29 is 9.32 Å². The lowest BCUT2D eigenvalue weighted by atomic mass is 10.1. The highest BCUT2D eigenvalue weighted by Gasteiger charge is 2.20. The molecule has 0 spiro atoms. The zero-order chi connectivity index (χ0) is 18.0. The Hall–Kier alpha value is -2.61. The highest BCUT2D eigenvalue weighted by molar-refractivity contribution is 8.00. The molecule has 0 aliphatic carbocycles. The van der Waals surface area contributed by atoms with E-state index in [0.717, 1.165) is 11.4 Å². The standard InChI is InChI=1S/C17H19N5O2S/c1-10-5-7-13(8-6-10)15-19-20-17(22(15)4)25-12(3)16(23)18-14-9-11(2)24-21-14/h5-9,12H,1-4H3,(H,18,21,23)/t12-/m0/s1. The Labute approximate surface area is 149 Å². The minimum absolute atomic E-state index is 0.168. The fourth-order valence-corrected chi connectivity index (χ4v) is 3.05. The van der Waals surface area contributed by atoms with Gasteiger partial charge in [0.05, 0.1) is 5.25 Å². The molecule has 8 heteroatoms. The molecule has 2 heterocycles. The van der Waals surface area contributed by atoms with Crippen LogP contribution in [0.4, 0.5) is 5.82 Å². The zero-order valence-corrected chi connectivity index (χ0v) is 15.3. The molecule has 0 fully saturated rings. The average molecular weight is 357 g/mol. The summed E-state index contributed by atoms with van der Waals surface area (Å²) < 4.78 is 6.83. The summed E-state index contributed by atoms with van der Waals surface area (Å²) in [5.41, 5.74) is 2.18. The summed E-state index contributed by atoms with van der Waals surface area (Å²) in [5.74, 6) is 1.65. The molecule has 0 radical (unpaired) electrons. The molecule has 3 aromatic rings. The van der Waals surface area contributed by atoms with Gasteiger partial charge in [0.25, 0.3) is 0 Å². The first-order chi connectivity index (χ1) is 11.9. The Kier molecular flexibility index (Phi) is 4.89. The monoisotopic (exact) mass is 357 g/mol. The Morgan fingerprint density at radius 2 is 1.96 bits per heavy atom. The van der Waals surface area contributed by atoms with E-state index in [1.807, 2.05) is 49.7 Å². The fraction of sp³-hybridized carbons (Fsp3) is 0.294. The van der Waals surface area contributed by atoms with E-state index in [1.54, 1.807) is 13.0 Å². The number of carbonyl (C=O) groups excluding carboxylic acids is 1. The number of hydrogen-bond donors (Lipinski definition) is 1. The average Bonchev–Trinajstić information content (AvgIpc) is 3.15. The second kappa shape index (κ2) is 7.10. The summed E-state index contributed by atoms with van der Waals surface area (Å²) in [5, 5.41) is 15.3. The van der Waals surface area contributed by atoms with Crippen LogP contribution in [0.1, 0.15) is 18.2 Å². The third-order valence-corrected chi connectivity index (χ3v) is 4.81. The number of rotatable bonds is 5. The number of carbonyl (C=O) groups is 1. The van der Waals surface area contributed by atoms with Crippen molar-refractivity contribution in [2.24, 2.45) is 7.05 Å². The molecule has 130 valence electrons. The molecule has 0 saturated carbocycles. The first kappa shape index (κ1) is 17.2. The van der Waals surface area contributed by atoms with Crippen LogP contribution in [0.2, 0.25) is 0 Å². The number of nitrogens with one attached hydrogen (secondary N) is 1. The number of aromatic nitrogens is 4. The summed E-state index contributed by atoms with van der Waals surface area (Å²) in [6.07, 6.45) is 0. The van der Waals surface area contributed by atoms with Crippen LogP contribution in [0.15, 0.2) is 40.0 Å². The highest BCUT2D eigenvalue weighted by Crippen LogP contribution is 2.26. The molecule has 1 amide bonds. The molecule has 0 unspecified atom stereocenters. The van der Waals surface area contributed by atoms with Gasteiger partial charge < -0.3 is 14.4 Å². The van der Waals surface area contributed by atoms with Crippen LogP contribution in [0.3, 0.4) is 0 Å². The van der Waals surface area contributed by atoms with Gasteiger partial charge in [0, 0.05) is 18.7 Å². The van der Waals surface area contributed by atoms with E-state index >= 15 is 0 Å². The number of amides is 1. The molecule has 3 rings (SSSR count). The highest BCUT2D eigenvalue weighted by atomic mass is 32.2. The van der Waals surface area contributed by atoms with Gasteiger partial charge >= 0.3 is 0 Å². The normalized spacial score (nSPS) is 12.2. The molecular weight excluding hydrogens is 338 g/mol. The molecule has 0 bridgehead atoms. The fourth-order valence-electron chi connectivity index (χ4n) is 2.24. The summed E-state index contributed by atoms with van der Waals surface area (Å²) in [6.45, 7) is 5.62. The molecule has 0 aliphatic rings. The van der Waals surface area contributed by atoms with E-state index in [9.17, 15) is 4.79 Å². The molecular formula is C17H19N5O2S. The number of anilines is 1. The minimum atomic E-state index is -0.356. The lowest BCUT2D eigenvalue weighted by molar-refractivity contribution is -0.115. The quantitative estimate of drug-likeness (QED) is 0.706. The summed E-state index contributed by atoms with van der Waals surface area (Å²) in [6, 6.07) is 9.76. The minimum Gasteiger partial charge on any atom is -0.360 e. The van der Waals surface area contributed by atoms with Crippen molar-refractivity contribution in [1.29, 1.82) is 0 Å². The van der Waals surface area contributed by atoms with E-state index in [4.69, 9.17) is 4.52 Å². The van der Waals surface area contributed by atoms with Crippen LogP contribution in [0.5, 0.6) is 0 Å². The number of nitrogens with zero attached hydrogens (tertiary/aromatic N) is 4. The third kappa shape index (κ3) is 3.90. The lowest BCUT2D eigenvalue weighted by Crippen LogP contribution is -2.23. The van der Waals surface area contributed by atoms with E-state index < -0.39 is 0 Å². The first-order valence-electron chi connectivity index (χ1n) is 7.81. The Bertz CT molecular complexity index is 885. The van der Waals surface area contributed by atoms with Gasteiger partial charge in [-0.15, -0.1) is 10.2 Å². The van der Waals surface area contributed by atoms with Gasteiger partial charge in [0.15, 0.2) is 16.8 Å². The smallest absolute Gasteiger partial charge is 0.238 e. The Morgan fingerprint density at radius 3 is 2.60 bits per heavy atom. The number of aryl methyl sites for hydroxylation is 2. The van der Waals surface area contributed by atoms with Crippen LogP contribution >= 0.6 is 11.8 Å². The Morgan fingerprint density at radius 1 is 1.24 bits per heavy atom. The van der Waals surface area contributed by atoms with Gasteiger partial charge in [-0.05, 0) is 20.8 Å². The molecule has 0 aliphatic heterocycles. The maximum Gasteiger partial charge on any atom is 0.238 e. The molecule has 1 N–H and O–H groups in total. The predicted molar refractivity (Wildman–Crippen MR) is 96.4 cm³/mol. The summed E-state index contributed by atoms with van der Waals surface area (Å²) in [7, 11) is 1.89. The number of benzene rings is 1. The van der Waals surface area contributed by atoms with Crippen LogP contribution in [0, 0.1) is 13.8 Å². The van der Waals surface area contributed by atoms with Gasteiger partial charge in [0.2, 0.25) is 5.91 Å². The topological polar surface area (TPSA) is 85.8 Å². The van der Waals surface area contributed by atoms with Gasteiger partial charge in [-0.25, -0.2) is 0 Å². The molecule has 25 heavy (non-hydrogen) atoms. The van der Waals surface area contributed by atoms with E-state index in [-0.39, 0.29) is 11.2 Å².